The molecule has 1 N–H and O–H groups in total. The quantitative estimate of drug-likeness (QED) is 0.629. The minimum absolute atomic E-state index is 0.577. The number of hydrogen-bond donors (Lipinski definition) is 1. The van der Waals surface area contributed by atoms with Crippen molar-refractivity contribution in [3.05, 3.63) is 0 Å². The Balaban J connectivity index is 3.77. The molecule has 0 bridgehead atoms. The smallest absolute Gasteiger partial charge is 0.0488 e. The van der Waals surface area contributed by atoms with Gasteiger partial charge in [-0.1, -0.05) is 27.7 Å². The molecule has 0 saturated carbocycles. The monoisotopic (exact) mass is 215 g/mol. The molecule has 0 aliphatic heterocycles. The molecule has 0 saturated heterocycles. The molecule has 0 radical (unpaired) electrons. The van der Waals surface area contributed by atoms with Crippen LogP contribution in [0.25, 0.3) is 0 Å². The summed E-state index contributed by atoms with van der Waals surface area (Å²) in [6.45, 7) is 13.0. The van der Waals surface area contributed by atoms with Crippen LogP contribution in [0, 0.1) is 17.8 Å². The molecule has 2 heteroatoms. The van der Waals surface area contributed by atoms with Crippen molar-refractivity contribution in [1.82, 2.24) is 5.32 Å². The van der Waals surface area contributed by atoms with Gasteiger partial charge in [0.25, 0.3) is 0 Å². The zero-order valence-corrected chi connectivity index (χ0v) is 11.3. The molecule has 0 aliphatic rings. The largest absolute Gasteiger partial charge is 0.381 e. The van der Waals surface area contributed by atoms with Gasteiger partial charge in [0.15, 0.2) is 0 Å². The highest BCUT2D eigenvalue weighted by molar-refractivity contribution is 4.73. The lowest BCUT2D eigenvalue weighted by Crippen LogP contribution is -2.34. The molecular formula is C13H29NO. The number of nitrogens with one attached hydrogen (secondary N) is 1. The van der Waals surface area contributed by atoms with Gasteiger partial charge in [-0.3, -0.25) is 0 Å². The molecule has 2 nitrogen and oxygen atoms in total. The summed E-state index contributed by atoms with van der Waals surface area (Å²) in [7, 11) is 2.04. The second-order valence-electron chi connectivity index (χ2n) is 5.24. The fourth-order valence-corrected chi connectivity index (χ4v) is 1.91. The Morgan fingerprint density at radius 2 is 1.67 bits per heavy atom. The lowest BCUT2D eigenvalue weighted by molar-refractivity contribution is 0.0870. The van der Waals surface area contributed by atoms with Crippen molar-refractivity contribution >= 4 is 0 Å². The van der Waals surface area contributed by atoms with Crippen LogP contribution in [0.5, 0.6) is 0 Å². The van der Waals surface area contributed by atoms with Gasteiger partial charge in [0.05, 0.1) is 0 Å². The number of rotatable bonds is 8. The Bertz CT molecular complexity index is 145. The van der Waals surface area contributed by atoms with E-state index in [4.69, 9.17) is 4.74 Å². The summed E-state index contributed by atoms with van der Waals surface area (Å²) in [6, 6.07) is 0.577. The van der Waals surface area contributed by atoms with Crippen LogP contribution in [0.1, 0.15) is 41.0 Å². The lowest BCUT2D eigenvalue weighted by atomic mass is 9.87. The molecule has 0 aromatic carbocycles. The second kappa shape index (κ2) is 8.12. The number of hydrogen-bond acceptors (Lipinski definition) is 2. The Labute approximate surface area is 95.8 Å². The fraction of sp³-hybridized carbons (Fsp3) is 1.00. The summed E-state index contributed by atoms with van der Waals surface area (Å²) in [5, 5.41) is 3.34. The summed E-state index contributed by atoms with van der Waals surface area (Å²) in [6.07, 6.45) is 1.16. The Hall–Kier alpha value is -0.0800. The van der Waals surface area contributed by atoms with E-state index in [0.29, 0.717) is 17.9 Å². The third kappa shape index (κ3) is 6.91. The van der Waals surface area contributed by atoms with Gasteiger partial charge < -0.3 is 10.1 Å². The zero-order valence-electron chi connectivity index (χ0n) is 11.3. The maximum atomic E-state index is 5.64. The van der Waals surface area contributed by atoms with Gasteiger partial charge >= 0.3 is 0 Å². The van der Waals surface area contributed by atoms with E-state index in [9.17, 15) is 0 Å². The predicted octanol–water partition coefficient (Wildman–Crippen LogP) is 2.93. The van der Waals surface area contributed by atoms with Crippen molar-refractivity contribution in [2.45, 2.75) is 47.1 Å². The summed E-state index contributed by atoms with van der Waals surface area (Å²) in [4.78, 5) is 0. The van der Waals surface area contributed by atoms with Gasteiger partial charge in [-0.25, -0.2) is 0 Å². The first kappa shape index (κ1) is 14.9. The molecule has 0 amide bonds. The molecule has 2 unspecified atom stereocenters. The molecule has 0 heterocycles. The van der Waals surface area contributed by atoms with Gasteiger partial charge in [-0.05, 0) is 38.1 Å². The maximum Gasteiger partial charge on any atom is 0.0488 e. The summed E-state index contributed by atoms with van der Waals surface area (Å²) < 4.78 is 5.64. The minimum atomic E-state index is 0.577. The highest BCUT2D eigenvalue weighted by Gasteiger charge is 2.19. The van der Waals surface area contributed by atoms with Crippen molar-refractivity contribution in [1.29, 1.82) is 0 Å². The van der Waals surface area contributed by atoms with Crippen LogP contribution in [-0.4, -0.2) is 26.3 Å². The molecule has 15 heavy (non-hydrogen) atoms. The molecule has 0 rings (SSSR count). The molecule has 0 aliphatic carbocycles. The van der Waals surface area contributed by atoms with Gasteiger partial charge in [-0.15, -0.1) is 0 Å². The first-order valence-electron chi connectivity index (χ1n) is 6.24. The van der Waals surface area contributed by atoms with Gasteiger partial charge in [0.1, 0.15) is 0 Å². The van der Waals surface area contributed by atoms with Crippen LogP contribution in [0.2, 0.25) is 0 Å². The van der Waals surface area contributed by atoms with E-state index in [2.05, 4.69) is 39.9 Å². The highest BCUT2D eigenvalue weighted by Crippen LogP contribution is 2.19. The van der Waals surface area contributed by atoms with Crippen molar-refractivity contribution in [3.8, 4) is 0 Å². The third-order valence-corrected chi connectivity index (χ3v) is 3.00. The van der Waals surface area contributed by atoms with Crippen LogP contribution >= 0.6 is 0 Å². The van der Waals surface area contributed by atoms with Crippen LogP contribution < -0.4 is 5.32 Å². The Morgan fingerprint density at radius 3 is 2.07 bits per heavy atom. The summed E-state index contributed by atoms with van der Waals surface area (Å²) in [5.74, 6) is 2.07. The molecule has 0 aromatic rings. The lowest BCUT2D eigenvalue weighted by Gasteiger charge is -2.27. The van der Waals surface area contributed by atoms with Gasteiger partial charge in [0, 0.05) is 19.3 Å². The minimum Gasteiger partial charge on any atom is -0.381 e. The fourth-order valence-electron chi connectivity index (χ4n) is 1.91. The van der Waals surface area contributed by atoms with E-state index in [0.717, 1.165) is 25.6 Å². The van der Waals surface area contributed by atoms with Crippen LogP contribution in [0.3, 0.4) is 0 Å². The van der Waals surface area contributed by atoms with Gasteiger partial charge in [0.2, 0.25) is 0 Å². The van der Waals surface area contributed by atoms with Crippen molar-refractivity contribution < 1.29 is 4.74 Å². The average Bonchev–Trinajstić information content (AvgIpc) is 2.15. The molecule has 0 spiro atoms. The van der Waals surface area contributed by atoms with E-state index in [1.165, 1.54) is 0 Å². The molecule has 92 valence electrons. The van der Waals surface area contributed by atoms with E-state index in [1.807, 2.05) is 7.05 Å². The normalized spacial score (nSPS) is 16.0. The standard InChI is InChI=1S/C13H29NO/c1-10(2)9-15-8-7-13(11(3)4)12(5)14-6/h10-14H,7-9H2,1-6H3. The van der Waals surface area contributed by atoms with E-state index in [1.54, 1.807) is 0 Å². The summed E-state index contributed by atoms with van der Waals surface area (Å²) >= 11 is 0. The number of ether oxygens (including phenoxy) is 1. The average molecular weight is 215 g/mol. The predicted molar refractivity (Wildman–Crippen MR) is 67.1 cm³/mol. The SMILES string of the molecule is CNC(C)C(CCOCC(C)C)C(C)C. The Morgan fingerprint density at radius 1 is 1.07 bits per heavy atom. The zero-order chi connectivity index (χ0) is 11.8. The van der Waals surface area contributed by atoms with E-state index >= 15 is 0 Å². The first-order valence-corrected chi connectivity index (χ1v) is 6.24. The third-order valence-electron chi connectivity index (χ3n) is 3.00. The summed E-state index contributed by atoms with van der Waals surface area (Å²) in [5.41, 5.74) is 0. The topological polar surface area (TPSA) is 21.3 Å². The van der Waals surface area contributed by atoms with E-state index in [-0.39, 0.29) is 0 Å². The van der Waals surface area contributed by atoms with Crippen molar-refractivity contribution in [2.75, 3.05) is 20.3 Å². The molecular weight excluding hydrogens is 186 g/mol. The first-order chi connectivity index (χ1) is 6.99. The van der Waals surface area contributed by atoms with E-state index < -0.39 is 0 Å². The second-order valence-corrected chi connectivity index (χ2v) is 5.24. The molecule has 0 fully saturated rings. The van der Waals surface area contributed by atoms with Crippen molar-refractivity contribution in [3.63, 3.8) is 0 Å². The van der Waals surface area contributed by atoms with Crippen molar-refractivity contribution in [2.24, 2.45) is 17.8 Å². The Kier molecular flexibility index (Phi) is 8.07. The molecule has 2 atom stereocenters. The van der Waals surface area contributed by atoms with Crippen LogP contribution in [-0.2, 0) is 4.74 Å². The van der Waals surface area contributed by atoms with Crippen LogP contribution in [0.4, 0.5) is 0 Å². The maximum absolute atomic E-state index is 5.64. The highest BCUT2D eigenvalue weighted by atomic mass is 16.5. The molecule has 0 aromatic heterocycles. The van der Waals surface area contributed by atoms with Gasteiger partial charge in [-0.2, -0.15) is 0 Å². The van der Waals surface area contributed by atoms with Crippen LogP contribution in [0.15, 0.2) is 0 Å².